The van der Waals surface area contributed by atoms with Gasteiger partial charge in [0.25, 0.3) is 5.56 Å². The number of hydrogen-bond acceptors (Lipinski definition) is 4. The summed E-state index contributed by atoms with van der Waals surface area (Å²) in [5.74, 6) is 0.400. The number of aromatic nitrogens is 2. The van der Waals surface area contributed by atoms with Crippen LogP contribution >= 0.6 is 11.6 Å². The van der Waals surface area contributed by atoms with Crippen LogP contribution in [-0.2, 0) is 37.3 Å². The lowest BCUT2D eigenvalue weighted by atomic mass is 10.0. The molecule has 1 aliphatic rings. The lowest BCUT2D eigenvalue weighted by Gasteiger charge is -2.29. The smallest absolute Gasteiger partial charge is 0.257 e. The molecule has 7 heteroatoms. The molecule has 0 radical (unpaired) electrons. The highest BCUT2D eigenvalue weighted by Gasteiger charge is 2.24. The van der Waals surface area contributed by atoms with E-state index in [1.165, 1.54) is 5.56 Å². The van der Waals surface area contributed by atoms with Crippen LogP contribution in [0.3, 0.4) is 0 Å². The molecule has 0 aliphatic carbocycles. The van der Waals surface area contributed by atoms with Crippen LogP contribution < -0.4 is 10.9 Å². The largest absolute Gasteiger partial charge is 0.324 e. The molecule has 0 atom stereocenters. The van der Waals surface area contributed by atoms with Crippen molar-refractivity contribution in [1.29, 1.82) is 0 Å². The number of anilines is 1. The molecule has 0 bridgehead atoms. The summed E-state index contributed by atoms with van der Waals surface area (Å²) in [6.07, 6.45) is 2.12. The minimum atomic E-state index is -0.266. The Labute approximate surface area is 199 Å². The molecule has 1 aliphatic heterocycles. The molecular weight excluding hydrogens is 436 g/mol. The lowest BCUT2D eigenvalue weighted by molar-refractivity contribution is -0.116. The van der Waals surface area contributed by atoms with E-state index in [0.717, 1.165) is 36.3 Å². The van der Waals surface area contributed by atoms with Crippen molar-refractivity contribution in [2.24, 2.45) is 0 Å². The van der Waals surface area contributed by atoms with E-state index in [9.17, 15) is 9.59 Å². The summed E-state index contributed by atoms with van der Waals surface area (Å²) < 4.78 is 1.54. The van der Waals surface area contributed by atoms with Gasteiger partial charge in [-0.05, 0) is 43.0 Å². The topological polar surface area (TPSA) is 67.2 Å². The number of nitrogens with one attached hydrogen (secondary N) is 1. The van der Waals surface area contributed by atoms with E-state index in [1.807, 2.05) is 38.1 Å². The van der Waals surface area contributed by atoms with Gasteiger partial charge in [0.2, 0.25) is 5.91 Å². The van der Waals surface area contributed by atoms with Gasteiger partial charge in [-0.3, -0.25) is 19.1 Å². The highest BCUT2D eigenvalue weighted by Crippen LogP contribution is 2.21. The summed E-state index contributed by atoms with van der Waals surface area (Å²) in [6, 6.07) is 15.7. The van der Waals surface area contributed by atoms with Crippen molar-refractivity contribution in [1.82, 2.24) is 14.5 Å². The molecule has 1 aromatic heterocycles. The van der Waals surface area contributed by atoms with E-state index >= 15 is 0 Å². The summed E-state index contributed by atoms with van der Waals surface area (Å²) in [7, 11) is 0. The van der Waals surface area contributed by atoms with E-state index in [-0.39, 0.29) is 18.0 Å². The lowest BCUT2D eigenvalue weighted by Crippen LogP contribution is -2.40. The van der Waals surface area contributed by atoms with Gasteiger partial charge in [0, 0.05) is 42.3 Å². The Kier molecular flexibility index (Phi) is 7.26. The van der Waals surface area contributed by atoms with Crippen molar-refractivity contribution in [3.63, 3.8) is 0 Å². The third-order valence-corrected chi connectivity index (χ3v) is 6.37. The first kappa shape index (κ1) is 23.2. The zero-order valence-electron chi connectivity index (χ0n) is 19.1. The average molecular weight is 465 g/mol. The molecule has 2 aromatic carbocycles. The zero-order chi connectivity index (χ0) is 23.4. The predicted octanol–water partition coefficient (Wildman–Crippen LogP) is 4.35. The normalized spacial score (nSPS) is 13.5. The van der Waals surface area contributed by atoms with Crippen LogP contribution in [0.25, 0.3) is 0 Å². The Morgan fingerprint density at radius 1 is 1.18 bits per heavy atom. The number of nitrogens with zero attached hydrogens (tertiary/aromatic N) is 3. The van der Waals surface area contributed by atoms with E-state index in [0.29, 0.717) is 35.9 Å². The Morgan fingerprint density at radius 2 is 1.97 bits per heavy atom. The molecule has 0 saturated heterocycles. The fraction of sp³-hybridized carbons (Fsp3) is 0.346. The van der Waals surface area contributed by atoms with Crippen molar-refractivity contribution >= 4 is 23.2 Å². The van der Waals surface area contributed by atoms with Gasteiger partial charge in [-0.15, -0.1) is 0 Å². The van der Waals surface area contributed by atoms with Crippen LogP contribution in [0.1, 0.15) is 41.6 Å². The number of carbonyl (C=O) groups is 1. The molecule has 2 heterocycles. The van der Waals surface area contributed by atoms with Crippen LogP contribution in [0.15, 0.2) is 53.3 Å². The quantitative estimate of drug-likeness (QED) is 0.564. The molecule has 4 rings (SSSR count). The van der Waals surface area contributed by atoms with Gasteiger partial charge in [0.05, 0.1) is 5.69 Å². The summed E-state index contributed by atoms with van der Waals surface area (Å²) in [4.78, 5) is 33.3. The SMILES string of the molecule is CCCc1nc2c(c(=O)n1CC(=O)Nc1ccc(C)c(Cl)c1)CCN(Cc1ccccc1)C2. The van der Waals surface area contributed by atoms with Gasteiger partial charge in [0.1, 0.15) is 12.4 Å². The number of amides is 1. The monoisotopic (exact) mass is 464 g/mol. The maximum atomic E-state index is 13.4. The van der Waals surface area contributed by atoms with Crippen LogP contribution in [0.4, 0.5) is 5.69 Å². The summed E-state index contributed by atoms with van der Waals surface area (Å²) in [6.45, 7) is 6.16. The Morgan fingerprint density at radius 3 is 2.70 bits per heavy atom. The van der Waals surface area contributed by atoms with Gasteiger partial charge in [-0.25, -0.2) is 4.98 Å². The van der Waals surface area contributed by atoms with Crippen molar-refractivity contribution < 1.29 is 4.79 Å². The summed E-state index contributed by atoms with van der Waals surface area (Å²) in [5.41, 5.74) is 4.27. The van der Waals surface area contributed by atoms with Gasteiger partial charge >= 0.3 is 0 Å². The number of rotatable bonds is 7. The van der Waals surface area contributed by atoms with Gasteiger partial charge < -0.3 is 5.32 Å². The fourth-order valence-electron chi connectivity index (χ4n) is 4.20. The average Bonchev–Trinajstić information content (AvgIpc) is 2.80. The second-order valence-corrected chi connectivity index (χ2v) is 8.96. The molecule has 172 valence electrons. The van der Waals surface area contributed by atoms with Crippen molar-refractivity contribution in [3.8, 4) is 0 Å². The Bertz CT molecular complexity index is 1210. The highest BCUT2D eigenvalue weighted by molar-refractivity contribution is 6.31. The maximum Gasteiger partial charge on any atom is 0.257 e. The molecule has 33 heavy (non-hydrogen) atoms. The predicted molar refractivity (Wildman–Crippen MR) is 132 cm³/mol. The van der Waals surface area contributed by atoms with Gasteiger partial charge in [0.15, 0.2) is 0 Å². The van der Waals surface area contributed by atoms with Crippen LogP contribution in [0, 0.1) is 6.92 Å². The number of aryl methyl sites for hydroxylation is 2. The number of halogens is 1. The Balaban J connectivity index is 1.54. The second-order valence-electron chi connectivity index (χ2n) is 8.55. The van der Waals surface area contributed by atoms with Crippen molar-refractivity contribution in [2.75, 3.05) is 11.9 Å². The first-order valence-corrected chi connectivity index (χ1v) is 11.8. The molecule has 3 aromatic rings. The number of benzene rings is 2. The minimum absolute atomic E-state index is 0.0618. The van der Waals surface area contributed by atoms with Gasteiger partial charge in [-0.2, -0.15) is 0 Å². The standard InChI is InChI=1S/C26H29ClN4O2/c1-3-7-24-29-23-16-30(15-19-8-5-4-6-9-19)13-12-21(23)26(33)31(24)17-25(32)28-20-11-10-18(2)22(27)14-20/h4-6,8-11,14H,3,7,12-13,15-17H2,1-2H3,(H,28,32). The van der Waals surface area contributed by atoms with E-state index in [1.54, 1.807) is 16.7 Å². The van der Waals surface area contributed by atoms with E-state index in [4.69, 9.17) is 16.6 Å². The highest BCUT2D eigenvalue weighted by atomic mass is 35.5. The molecule has 1 N–H and O–H groups in total. The Hall–Kier alpha value is -2.96. The molecule has 1 amide bonds. The number of carbonyl (C=O) groups excluding carboxylic acids is 1. The number of hydrogen-bond donors (Lipinski definition) is 1. The van der Waals surface area contributed by atoms with E-state index < -0.39 is 0 Å². The third-order valence-electron chi connectivity index (χ3n) is 5.96. The maximum absolute atomic E-state index is 13.4. The molecular formula is C26H29ClN4O2. The zero-order valence-corrected chi connectivity index (χ0v) is 19.9. The van der Waals surface area contributed by atoms with Crippen LogP contribution in [0.5, 0.6) is 0 Å². The first-order chi connectivity index (χ1) is 15.9. The van der Waals surface area contributed by atoms with Crippen molar-refractivity contribution in [3.05, 3.63) is 92.1 Å². The van der Waals surface area contributed by atoms with Crippen molar-refractivity contribution in [2.45, 2.75) is 52.7 Å². The third kappa shape index (κ3) is 5.52. The molecule has 0 spiro atoms. The second kappa shape index (κ2) is 10.3. The molecule has 6 nitrogen and oxygen atoms in total. The molecule has 0 saturated carbocycles. The molecule has 0 fully saturated rings. The summed E-state index contributed by atoms with van der Waals surface area (Å²) >= 11 is 6.17. The van der Waals surface area contributed by atoms with Crippen LogP contribution in [-0.4, -0.2) is 26.9 Å². The summed E-state index contributed by atoms with van der Waals surface area (Å²) in [5, 5.41) is 3.44. The van der Waals surface area contributed by atoms with E-state index in [2.05, 4.69) is 22.3 Å². The molecule has 0 unspecified atom stereocenters. The van der Waals surface area contributed by atoms with Crippen LogP contribution in [0.2, 0.25) is 5.02 Å². The first-order valence-electron chi connectivity index (χ1n) is 11.4. The minimum Gasteiger partial charge on any atom is -0.324 e. The fourth-order valence-corrected chi connectivity index (χ4v) is 4.38. The number of fused-ring (bicyclic) bond motifs is 1. The van der Waals surface area contributed by atoms with Gasteiger partial charge in [-0.1, -0.05) is 54.9 Å².